The van der Waals surface area contributed by atoms with E-state index in [2.05, 4.69) is 15.6 Å². The van der Waals surface area contributed by atoms with E-state index >= 15 is 0 Å². The number of aliphatic carboxylic acids is 2. The largest absolute Gasteiger partial charge is 0.481 e. The SMILES string of the molecule is CC(C)[C@H](NC(=O)[C@H](CC(=O)O)N(C)C(=O)CNC(=O)[C@@H](N)CCCN=C(N)N)C(=O)O. The smallest absolute Gasteiger partial charge is 0.326 e. The summed E-state index contributed by atoms with van der Waals surface area (Å²) in [6.45, 7) is 2.88. The normalized spacial score (nSPS) is 13.4. The van der Waals surface area contributed by atoms with Crippen molar-refractivity contribution in [1.82, 2.24) is 15.5 Å². The lowest BCUT2D eigenvalue weighted by Crippen LogP contribution is -2.55. The maximum absolute atomic E-state index is 12.5. The van der Waals surface area contributed by atoms with Gasteiger partial charge in [-0.15, -0.1) is 0 Å². The van der Waals surface area contributed by atoms with Gasteiger partial charge in [0.15, 0.2) is 5.96 Å². The quantitative estimate of drug-likeness (QED) is 0.0788. The van der Waals surface area contributed by atoms with E-state index in [1.165, 1.54) is 7.05 Å². The summed E-state index contributed by atoms with van der Waals surface area (Å²) in [7, 11) is 1.18. The lowest BCUT2D eigenvalue weighted by atomic mass is 10.0. The fourth-order valence-electron chi connectivity index (χ4n) is 2.58. The average Bonchev–Trinajstić information content (AvgIpc) is 2.69. The highest BCUT2D eigenvalue weighted by atomic mass is 16.4. The summed E-state index contributed by atoms with van der Waals surface area (Å²) in [4.78, 5) is 64.1. The standard InChI is InChI=1S/C18H33N7O7/c1-9(2)14(17(31)32)24-16(30)11(7-13(27)28)25(3)12(26)8-23-15(29)10(19)5-4-6-22-18(20)21/h9-11,14H,4-8,19H2,1-3H3,(H,23,29)(H,24,30)(H,27,28)(H,31,32)(H4,20,21,22)/t10-,11-,14-/m0/s1. The third kappa shape index (κ3) is 10.6. The van der Waals surface area contributed by atoms with Crippen LogP contribution in [0.1, 0.15) is 33.1 Å². The summed E-state index contributed by atoms with van der Waals surface area (Å²) in [5.41, 5.74) is 16.1. The number of hydrogen-bond acceptors (Lipinski definition) is 7. The van der Waals surface area contributed by atoms with E-state index < -0.39 is 66.7 Å². The molecule has 0 radical (unpaired) electrons. The molecule has 32 heavy (non-hydrogen) atoms. The van der Waals surface area contributed by atoms with Crippen LogP contribution >= 0.6 is 0 Å². The molecule has 0 spiro atoms. The minimum absolute atomic E-state index is 0.0836. The van der Waals surface area contributed by atoms with E-state index in [9.17, 15) is 29.1 Å². The molecule has 0 heterocycles. The second-order valence-electron chi connectivity index (χ2n) is 7.46. The summed E-state index contributed by atoms with van der Waals surface area (Å²) in [6, 6.07) is -3.67. The van der Waals surface area contributed by atoms with Gasteiger partial charge >= 0.3 is 11.9 Å². The predicted octanol–water partition coefficient (Wildman–Crippen LogP) is -2.99. The fourth-order valence-corrected chi connectivity index (χ4v) is 2.58. The number of carbonyl (C=O) groups excluding carboxylic acids is 3. The average molecular weight is 460 g/mol. The van der Waals surface area contributed by atoms with Crippen LogP contribution in [0.4, 0.5) is 0 Å². The van der Waals surface area contributed by atoms with Crippen LogP contribution in [-0.4, -0.2) is 89.0 Å². The van der Waals surface area contributed by atoms with Gasteiger partial charge < -0.3 is 42.9 Å². The van der Waals surface area contributed by atoms with Crippen molar-refractivity contribution in [2.75, 3.05) is 20.1 Å². The molecule has 0 unspecified atom stereocenters. The van der Waals surface area contributed by atoms with Crippen molar-refractivity contribution in [1.29, 1.82) is 0 Å². The van der Waals surface area contributed by atoms with Crippen LogP contribution in [0.3, 0.4) is 0 Å². The third-order valence-corrected chi connectivity index (χ3v) is 4.48. The number of carboxylic acid groups (broad SMARTS) is 2. The van der Waals surface area contributed by atoms with Gasteiger partial charge in [-0.2, -0.15) is 0 Å². The summed E-state index contributed by atoms with van der Waals surface area (Å²) in [5.74, 6) is -5.54. The minimum atomic E-state index is -1.48. The fraction of sp³-hybridized carbons (Fsp3) is 0.667. The number of rotatable bonds is 14. The second-order valence-corrected chi connectivity index (χ2v) is 7.46. The first-order valence-corrected chi connectivity index (χ1v) is 9.87. The molecule has 3 atom stereocenters. The van der Waals surface area contributed by atoms with Crippen molar-refractivity contribution in [3.63, 3.8) is 0 Å². The van der Waals surface area contributed by atoms with E-state index in [-0.39, 0.29) is 18.9 Å². The maximum Gasteiger partial charge on any atom is 0.326 e. The first kappa shape index (κ1) is 28.6. The first-order chi connectivity index (χ1) is 14.8. The highest BCUT2D eigenvalue weighted by Crippen LogP contribution is 2.08. The van der Waals surface area contributed by atoms with E-state index in [4.69, 9.17) is 22.3 Å². The molecule has 10 N–H and O–H groups in total. The second kappa shape index (κ2) is 13.8. The van der Waals surface area contributed by atoms with Crippen molar-refractivity contribution in [2.45, 2.75) is 51.2 Å². The Morgan fingerprint density at radius 1 is 1.06 bits per heavy atom. The molecule has 0 aromatic carbocycles. The van der Waals surface area contributed by atoms with E-state index in [0.717, 1.165) is 4.90 Å². The molecule has 3 amide bonds. The number of nitrogens with two attached hydrogens (primary N) is 3. The summed E-state index contributed by atoms with van der Waals surface area (Å²) >= 11 is 0. The van der Waals surface area contributed by atoms with Crippen LogP contribution in [0.15, 0.2) is 4.99 Å². The van der Waals surface area contributed by atoms with Crippen LogP contribution in [0.5, 0.6) is 0 Å². The molecule has 0 aliphatic heterocycles. The molecule has 0 aliphatic rings. The highest BCUT2D eigenvalue weighted by Gasteiger charge is 2.33. The molecular formula is C18H33N7O7. The molecule has 0 aromatic heterocycles. The lowest BCUT2D eigenvalue weighted by molar-refractivity contribution is -0.148. The molecule has 0 fully saturated rings. The van der Waals surface area contributed by atoms with Crippen LogP contribution < -0.4 is 27.8 Å². The Morgan fingerprint density at radius 3 is 2.12 bits per heavy atom. The highest BCUT2D eigenvalue weighted by molar-refractivity contribution is 5.94. The van der Waals surface area contributed by atoms with E-state index in [0.29, 0.717) is 6.42 Å². The molecule has 0 rings (SSSR count). The van der Waals surface area contributed by atoms with Gasteiger partial charge in [-0.3, -0.25) is 24.2 Å². The number of guanidine groups is 1. The molecule has 0 aromatic rings. The Balaban J connectivity index is 4.98. The van der Waals surface area contributed by atoms with Gasteiger partial charge in [0.25, 0.3) is 0 Å². The summed E-state index contributed by atoms with van der Waals surface area (Å²) in [5, 5.41) is 22.9. The van der Waals surface area contributed by atoms with Crippen molar-refractivity contribution in [2.24, 2.45) is 28.1 Å². The number of nitrogens with zero attached hydrogens (tertiary/aromatic N) is 2. The number of aliphatic imine (C=N–C) groups is 1. The van der Waals surface area contributed by atoms with Crippen molar-refractivity contribution in [3.8, 4) is 0 Å². The molecule has 14 heteroatoms. The Hall–Kier alpha value is -3.42. The van der Waals surface area contributed by atoms with Crippen molar-refractivity contribution >= 4 is 35.6 Å². The van der Waals surface area contributed by atoms with Crippen molar-refractivity contribution < 1.29 is 34.2 Å². The Morgan fingerprint density at radius 2 is 1.66 bits per heavy atom. The van der Waals surface area contributed by atoms with Gasteiger partial charge in [-0.1, -0.05) is 13.8 Å². The monoisotopic (exact) mass is 459 g/mol. The number of hydrogen-bond donors (Lipinski definition) is 7. The number of likely N-dealkylation sites (N-methyl/N-ethyl adjacent to an activating group) is 1. The minimum Gasteiger partial charge on any atom is -0.481 e. The van der Waals surface area contributed by atoms with E-state index in [1.807, 2.05) is 0 Å². The van der Waals surface area contributed by atoms with Crippen molar-refractivity contribution in [3.05, 3.63) is 0 Å². The van der Waals surface area contributed by atoms with Gasteiger partial charge in [-0.25, -0.2) is 4.79 Å². The van der Waals surface area contributed by atoms with Crippen LogP contribution in [0.2, 0.25) is 0 Å². The molecule has 0 saturated carbocycles. The van der Waals surface area contributed by atoms with Crippen LogP contribution in [0.25, 0.3) is 0 Å². The van der Waals surface area contributed by atoms with Gasteiger partial charge in [0, 0.05) is 13.6 Å². The Kier molecular flexibility index (Phi) is 12.3. The molecular weight excluding hydrogens is 426 g/mol. The lowest BCUT2D eigenvalue weighted by Gasteiger charge is -2.28. The molecule has 182 valence electrons. The zero-order chi connectivity index (χ0) is 25.0. The zero-order valence-electron chi connectivity index (χ0n) is 18.4. The molecule has 0 bridgehead atoms. The third-order valence-electron chi connectivity index (χ3n) is 4.48. The number of nitrogens with one attached hydrogen (secondary N) is 2. The first-order valence-electron chi connectivity index (χ1n) is 9.87. The number of amides is 3. The number of carboxylic acids is 2. The maximum atomic E-state index is 12.5. The van der Waals surface area contributed by atoms with Crippen LogP contribution in [0, 0.1) is 5.92 Å². The van der Waals surface area contributed by atoms with E-state index in [1.54, 1.807) is 13.8 Å². The van der Waals surface area contributed by atoms with Gasteiger partial charge in [-0.05, 0) is 18.8 Å². The molecule has 0 saturated heterocycles. The Labute approximate surface area is 185 Å². The topological polar surface area (TPSA) is 244 Å². The summed E-state index contributed by atoms with van der Waals surface area (Å²) < 4.78 is 0. The Bertz CT molecular complexity index is 722. The molecule has 0 aliphatic carbocycles. The molecule has 14 nitrogen and oxygen atoms in total. The number of carbonyl (C=O) groups is 5. The zero-order valence-corrected chi connectivity index (χ0v) is 18.4. The predicted molar refractivity (Wildman–Crippen MR) is 114 cm³/mol. The van der Waals surface area contributed by atoms with Gasteiger partial charge in [0.05, 0.1) is 19.0 Å². The van der Waals surface area contributed by atoms with Crippen LogP contribution in [-0.2, 0) is 24.0 Å². The van der Waals surface area contributed by atoms with Gasteiger partial charge in [0.2, 0.25) is 17.7 Å². The van der Waals surface area contributed by atoms with Gasteiger partial charge in [0.1, 0.15) is 12.1 Å². The summed E-state index contributed by atoms with van der Waals surface area (Å²) in [6.07, 6.45) is -0.0684.